The van der Waals surface area contributed by atoms with E-state index >= 15 is 0 Å². The Balaban J connectivity index is 3.16. The second kappa shape index (κ2) is 13.0. The van der Waals surface area contributed by atoms with Crippen LogP contribution < -0.4 is 5.32 Å². The van der Waals surface area contributed by atoms with Gasteiger partial charge < -0.3 is 19.5 Å². The molecule has 132 valence electrons. The average molecular weight is 317 g/mol. The number of ether oxygens (including phenoxy) is 3. The first kappa shape index (κ1) is 21.5. The maximum absolute atomic E-state index is 11.7. The van der Waals surface area contributed by atoms with Crippen LogP contribution in [-0.2, 0) is 19.0 Å². The molecule has 0 aliphatic rings. The third-order valence-corrected chi connectivity index (χ3v) is 3.03. The normalized spacial score (nSPS) is 12.1. The average Bonchev–Trinajstić information content (AvgIpc) is 2.42. The minimum Gasteiger partial charge on any atom is -0.379 e. The van der Waals surface area contributed by atoms with Crippen LogP contribution >= 0.6 is 0 Å². The molecule has 0 atom stereocenters. The molecule has 22 heavy (non-hydrogen) atoms. The number of rotatable bonds is 14. The number of carbonyl (C=O) groups excluding carboxylic acids is 1. The predicted octanol–water partition coefficient (Wildman–Crippen LogP) is 2.29. The zero-order chi connectivity index (χ0) is 16.8. The molecule has 0 amide bonds. The first-order valence-corrected chi connectivity index (χ1v) is 8.31. The molecular formula is C17H35NO4. The van der Waals surface area contributed by atoms with Gasteiger partial charge in [-0.1, -0.05) is 34.6 Å². The van der Waals surface area contributed by atoms with Gasteiger partial charge in [0, 0.05) is 18.4 Å². The third kappa shape index (κ3) is 14.4. The van der Waals surface area contributed by atoms with E-state index in [4.69, 9.17) is 14.2 Å². The largest absolute Gasteiger partial charge is 0.379 e. The van der Waals surface area contributed by atoms with Crippen LogP contribution in [0.25, 0.3) is 0 Å². The van der Waals surface area contributed by atoms with Gasteiger partial charge >= 0.3 is 0 Å². The Morgan fingerprint density at radius 1 is 0.909 bits per heavy atom. The first-order chi connectivity index (χ1) is 10.3. The lowest BCUT2D eigenvalue weighted by atomic mass is 9.89. The lowest BCUT2D eigenvalue weighted by Gasteiger charge is -2.16. The predicted molar refractivity (Wildman–Crippen MR) is 89.2 cm³/mol. The summed E-state index contributed by atoms with van der Waals surface area (Å²) in [6.07, 6.45) is 0.468. The van der Waals surface area contributed by atoms with E-state index in [1.165, 1.54) is 0 Å². The maximum Gasteiger partial charge on any atom is 0.140 e. The van der Waals surface area contributed by atoms with Crippen LogP contribution in [0.15, 0.2) is 0 Å². The van der Waals surface area contributed by atoms with Crippen LogP contribution in [0.4, 0.5) is 0 Å². The Morgan fingerprint density at radius 2 is 1.41 bits per heavy atom. The van der Waals surface area contributed by atoms with Crippen molar-refractivity contribution < 1.29 is 19.0 Å². The molecule has 0 unspecified atom stereocenters. The summed E-state index contributed by atoms with van der Waals surface area (Å²) in [5.41, 5.74) is -0.277. The number of ketones is 1. The zero-order valence-electron chi connectivity index (χ0n) is 15.1. The van der Waals surface area contributed by atoms with Crippen LogP contribution in [0.1, 0.15) is 41.0 Å². The number of nitrogens with one attached hydrogen (secondary N) is 1. The van der Waals surface area contributed by atoms with Gasteiger partial charge in [-0.15, -0.1) is 0 Å². The van der Waals surface area contributed by atoms with Gasteiger partial charge in [0.2, 0.25) is 0 Å². The highest BCUT2D eigenvalue weighted by atomic mass is 16.5. The lowest BCUT2D eigenvalue weighted by Crippen LogP contribution is -2.24. The topological polar surface area (TPSA) is 56.8 Å². The van der Waals surface area contributed by atoms with Crippen molar-refractivity contribution in [2.24, 2.45) is 11.3 Å². The molecule has 0 radical (unpaired) electrons. The molecule has 0 saturated carbocycles. The first-order valence-electron chi connectivity index (χ1n) is 8.31. The summed E-state index contributed by atoms with van der Waals surface area (Å²) < 4.78 is 16.2. The second-order valence-electron chi connectivity index (χ2n) is 6.86. The summed E-state index contributed by atoms with van der Waals surface area (Å²) in [6.45, 7) is 15.5. The van der Waals surface area contributed by atoms with E-state index in [1.54, 1.807) is 0 Å². The van der Waals surface area contributed by atoms with Crippen LogP contribution in [0, 0.1) is 11.3 Å². The number of hydrogen-bond donors (Lipinski definition) is 1. The van der Waals surface area contributed by atoms with Gasteiger partial charge in [-0.2, -0.15) is 0 Å². The molecule has 0 fully saturated rings. The molecule has 0 spiro atoms. The summed E-state index contributed by atoms with van der Waals surface area (Å²) in [5.74, 6) is 0.898. The molecule has 0 rings (SSSR count). The Kier molecular flexibility index (Phi) is 12.7. The fourth-order valence-electron chi connectivity index (χ4n) is 1.62. The Bertz CT molecular complexity index is 274. The summed E-state index contributed by atoms with van der Waals surface area (Å²) in [5, 5.41) is 3.32. The van der Waals surface area contributed by atoms with Gasteiger partial charge in [-0.3, -0.25) is 4.79 Å². The van der Waals surface area contributed by atoms with Crippen molar-refractivity contribution in [2.45, 2.75) is 41.0 Å². The molecule has 5 heteroatoms. The standard InChI is InChI=1S/C17H35NO4/c1-15(2)14-18-7-9-21-11-13-22-12-10-20-8-6-16(19)17(3,4)5/h15,18H,6-14H2,1-5H3. The molecule has 0 aromatic heterocycles. The molecule has 0 aromatic carbocycles. The minimum absolute atomic E-state index is 0.230. The van der Waals surface area contributed by atoms with Crippen molar-refractivity contribution >= 4 is 5.78 Å². The Hall–Kier alpha value is -0.490. The van der Waals surface area contributed by atoms with E-state index in [9.17, 15) is 4.79 Å². The number of hydrogen-bond acceptors (Lipinski definition) is 5. The van der Waals surface area contributed by atoms with E-state index in [0.29, 0.717) is 52.0 Å². The van der Waals surface area contributed by atoms with Crippen molar-refractivity contribution in [3.63, 3.8) is 0 Å². The van der Waals surface area contributed by atoms with Gasteiger partial charge in [0.1, 0.15) is 5.78 Å². The van der Waals surface area contributed by atoms with Crippen LogP contribution in [0.3, 0.4) is 0 Å². The molecule has 1 N–H and O–H groups in total. The monoisotopic (exact) mass is 317 g/mol. The summed E-state index contributed by atoms with van der Waals surface area (Å²) in [7, 11) is 0. The van der Waals surface area contributed by atoms with E-state index in [0.717, 1.165) is 13.1 Å². The molecule has 0 heterocycles. The smallest absolute Gasteiger partial charge is 0.140 e. The van der Waals surface area contributed by atoms with Crippen molar-refractivity contribution in [1.82, 2.24) is 5.32 Å². The lowest BCUT2D eigenvalue weighted by molar-refractivity contribution is -0.127. The maximum atomic E-state index is 11.7. The molecule has 5 nitrogen and oxygen atoms in total. The molecule has 0 aliphatic heterocycles. The number of Topliss-reactive ketones (excluding diaryl/α,β-unsaturated/α-hetero) is 1. The second-order valence-corrected chi connectivity index (χ2v) is 6.86. The third-order valence-electron chi connectivity index (χ3n) is 3.03. The quantitative estimate of drug-likeness (QED) is 0.498. The Labute approximate surface area is 136 Å². The van der Waals surface area contributed by atoms with Gasteiger partial charge in [-0.05, 0) is 12.5 Å². The van der Waals surface area contributed by atoms with Crippen molar-refractivity contribution in [3.8, 4) is 0 Å². The fourth-order valence-corrected chi connectivity index (χ4v) is 1.62. The Morgan fingerprint density at radius 3 is 1.91 bits per heavy atom. The van der Waals surface area contributed by atoms with Crippen LogP contribution in [0.2, 0.25) is 0 Å². The van der Waals surface area contributed by atoms with E-state index in [1.807, 2.05) is 20.8 Å². The zero-order valence-corrected chi connectivity index (χ0v) is 15.1. The van der Waals surface area contributed by atoms with Gasteiger partial charge in [0.15, 0.2) is 0 Å². The molecule has 0 saturated heterocycles. The summed E-state index contributed by atoms with van der Waals surface area (Å²) >= 11 is 0. The minimum atomic E-state index is -0.277. The fraction of sp³-hybridized carbons (Fsp3) is 0.941. The van der Waals surface area contributed by atoms with E-state index in [2.05, 4.69) is 19.2 Å². The summed E-state index contributed by atoms with van der Waals surface area (Å²) in [4.78, 5) is 11.7. The van der Waals surface area contributed by atoms with E-state index in [-0.39, 0.29) is 11.2 Å². The van der Waals surface area contributed by atoms with Crippen molar-refractivity contribution in [3.05, 3.63) is 0 Å². The summed E-state index contributed by atoms with van der Waals surface area (Å²) in [6, 6.07) is 0. The highest BCUT2D eigenvalue weighted by Crippen LogP contribution is 2.16. The highest BCUT2D eigenvalue weighted by Gasteiger charge is 2.20. The molecule has 0 aliphatic carbocycles. The van der Waals surface area contributed by atoms with Crippen LogP contribution in [0.5, 0.6) is 0 Å². The highest BCUT2D eigenvalue weighted by molar-refractivity contribution is 5.83. The SMILES string of the molecule is CC(C)CNCCOCCOCCOCCC(=O)C(C)(C)C. The molecule has 0 aromatic rings. The van der Waals surface area contributed by atoms with Crippen molar-refractivity contribution in [1.29, 1.82) is 0 Å². The molecule has 0 bridgehead atoms. The van der Waals surface area contributed by atoms with Gasteiger partial charge in [0.05, 0.1) is 39.6 Å². The van der Waals surface area contributed by atoms with E-state index < -0.39 is 0 Å². The van der Waals surface area contributed by atoms with Crippen molar-refractivity contribution in [2.75, 3.05) is 52.7 Å². The van der Waals surface area contributed by atoms with Crippen LogP contribution in [-0.4, -0.2) is 58.5 Å². The van der Waals surface area contributed by atoms with Gasteiger partial charge in [-0.25, -0.2) is 0 Å². The molecular weight excluding hydrogens is 282 g/mol. The number of carbonyl (C=O) groups is 1. The van der Waals surface area contributed by atoms with Gasteiger partial charge in [0.25, 0.3) is 0 Å².